The summed E-state index contributed by atoms with van der Waals surface area (Å²) in [7, 11) is -1.69. The van der Waals surface area contributed by atoms with Crippen molar-refractivity contribution in [1.82, 2.24) is 10.0 Å². The number of hydrogen-bond acceptors (Lipinski definition) is 4. The lowest BCUT2D eigenvalue weighted by atomic mass is 10.1. The summed E-state index contributed by atoms with van der Waals surface area (Å²) in [6.45, 7) is 1.87. The fourth-order valence-electron chi connectivity index (χ4n) is 1.89. The summed E-state index contributed by atoms with van der Waals surface area (Å²) in [5, 5.41) is 3.12. The first-order valence-electron chi connectivity index (χ1n) is 5.97. The lowest BCUT2D eigenvalue weighted by Gasteiger charge is -2.07. The van der Waals surface area contributed by atoms with Crippen LogP contribution in [0.4, 0.5) is 0 Å². The number of nitrogens with one attached hydrogen (secondary N) is 2. The molecular formula is C12H18N2O3S. The number of benzene rings is 1. The molecule has 0 fully saturated rings. The van der Waals surface area contributed by atoms with E-state index in [2.05, 4.69) is 16.1 Å². The van der Waals surface area contributed by atoms with Crippen LogP contribution in [0.1, 0.15) is 11.1 Å². The maximum absolute atomic E-state index is 11.2. The van der Waals surface area contributed by atoms with Crippen molar-refractivity contribution >= 4 is 10.0 Å². The molecule has 0 bridgehead atoms. The quantitative estimate of drug-likeness (QED) is 0.728. The van der Waals surface area contributed by atoms with Gasteiger partial charge in [-0.1, -0.05) is 12.1 Å². The molecule has 0 amide bonds. The fourth-order valence-corrected chi connectivity index (χ4v) is 2.51. The first-order valence-corrected chi connectivity index (χ1v) is 7.62. The van der Waals surface area contributed by atoms with Crippen molar-refractivity contribution in [3.63, 3.8) is 0 Å². The number of fused-ring (bicyclic) bond motifs is 1. The second-order valence-corrected chi connectivity index (χ2v) is 6.29. The second kappa shape index (κ2) is 5.69. The second-order valence-electron chi connectivity index (χ2n) is 4.24. The molecule has 2 N–H and O–H groups in total. The highest BCUT2D eigenvalue weighted by atomic mass is 32.2. The molecule has 1 aliphatic heterocycles. The molecule has 0 spiro atoms. The smallest absolute Gasteiger partial charge is 0.212 e. The monoisotopic (exact) mass is 270 g/mol. The highest BCUT2D eigenvalue weighted by Crippen LogP contribution is 2.25. The summed E-state index contributed by atoms with van der Waals surface area (Å²) >= 11 is 0. The van der Waals surface area contributed by atoms with Gasteiger partial charge >= 0.3 is 0 Å². The van der Waals surface area contributed by atoms with Gasteiger partial charge < -0.3 is 10.1 Å². The van der Waals surface area contributed by atoms with Crippen molar-refractivity contribution in [3.8, 4) is 5.75 Å². The maximum Gasteiger partial charge on any atom is 0.212 e. The van der Waals surface area contributed by atoms with Crippen molar-refractivity contribution in [1.29, 1.82) is 0 Å². The highest BCUT2D eigenvalue weighted by Gasteiger charge is 2.11. The Hall–Kier alpha value is -1.11. The van der Waals surface area contributed by atoms with Gasteiger partial charge in [0, 0.05) is 19.5 Å². The van der Waals surface area contributed by atoms with Gasteiger partial charge in [0.05, 0.1) is 12.4 Å². The van der Waals surface area contributed by atoms with Crippen LogP contribution < -0.4 is 14.8 Å². The van der Waals surface area contributed by atoms with E-state index in [0.29, 0.717) is 13.1 Å². The van der Waals surface area contributed by atoms with Crippen LogP contribution in [0.2, 0.25) is 0 Å². The number of hydrogen-bond donors (Lipinski definition) is 2. The molecule has 100 valence electrons. The average Bonchev–Trinajstić information content (AvgIpc) is 2.82. The van der Waals surface area contributed by atoms with E-state index in [-0.39, 0.29) is 5.75 Å². The molecule has 6 heteroatoms. The molecule has 0 aliphatic carbocycles. The van der Waals surface area contributed by atoms with Crippen molar-refractivity contribution < 1.29 is 13.2 Å². The van der Waals surface area contributed by atoms with Gasteiger partial charge in [0.1, 0.15) is 5.75 Å². The first kappa shape index (κ1) is 13.3. The summed E-state index contributed by atoms with van der Waals surface area (Å²) in [4.78, 5) is 0. The van der Waals surface area contributed by atoms with Crippen LogP contribution >= 0.6 is 0 Å². The molecule has 1 aromatic carbocycles. The van der Waals surface area contributed by atoms with Crippen molar-refractivity contribution in [2.24, 2.45) is 0 Å². The molecule has 0 radical (unpaired) electrons. The Kier molecular flexibility index (Phi) is 4.21. The van der Waals surface area contributed by atoms with Gasteiger partial charge in [0.15, 0.2) is 0 Å². The topological polar surface area (TPSA) is 67.4 Å². The van der Waals surface area contributed by atoms with Crippen molar-refractivity contribution in [3.05, 3.63) is 29.3 Å². The predicted octanol–water partition coefficient (Wildman–Crippen LogP) is 0.260. The molecular weight excluding hydrogens is 252 g/mol. The summed E-state index contributed by atoms with van der Waals surface area (Å²) in [5.41, 5.74) is 2.39. The number of sulfonamides is 1. The first-order chi connectivity index (χ1) is 8.61. The molecule has 0 saturated heterocycles. The number of ether oxygens (including phenoxy) is 1. The van der Waals surface area contributed by atoms with E-state index in [1.807, 2.05) is 12.1 Å². The summed E-state index contributed by atoms with van der Waals surface area (Å²) in [5.74, 6) is 1.06. The van der Waals surface area contributed by atoms with E-state index in [4.69, 9.17) is 4.74 Å². The van der Waals surface area contributed by atoms with Crippen LogP contribution in [0.15, 0.2) is 18.2 Å². The molecule has 1 heterocycles. The fraction of sp³-hybridized carbons (Fsp3) is 0.500. The van der Waals surface area contributed by atoms with Crippen LogP contribution in [-0.2, 0) is 23.0 Å². The zero-order chi connectivity index (χ0) is 13.0. The molecule has 0 unspecified atom stereocenters. The van der Waals surface area contributed by atoms with Gasteiger partial charge in [-0.25, -0.2) is 13.1 Å². The van der Waals surface area contributed by atoms with Gasteiger partial charge in [-0.2, -0.15) is 0 Å². The Morgan fingerprint density at radius 3 is 3.00 bits per heavy atom. The molecule has 2 rings (SSSR count). The minimum atomic E-state index is -3.12. The van der Waals surface area contributed by atoms with E-state index in [1.54, 1.807) is 0 Å². The van der Waals surface area contributed by atoms with Crippen molar-refractivity contribution in [2.45, 2.75) is 13.0 Å². The van der Waals surface area contributed by atoms with Gasteiger partial charge in [0.2, 0.25) is 10.0 Å². The van der Waals surface area contributed by atoms with E-state index in [9.17, 15) is 8.42 Å². The minimum Gasteiger partial charge on any atom is -0.493 e. The summed E-state index contributed by atoms with van der Waals surface area (Å²) < 4.78 is 30.1. The van der Waals surface area contributed by atoms with Gasteiger partial charge in [-0.05, 0) is 24.2 Å². The van der Waals surface area contributed by atoms with Gasteiger partial charge in [0.25, 0.3) is 0 Å². The third-order valence-electron chi connectivity index (χ3n) is 2.94. The minimum absolute atomic E-state index is 0.0948. The average molecular weight is 270 g/mol. The van der Waals surface area contributed by atoms with Gasteiger partial charge in [-0.3, -0.25) is 0 Å². The van der Waals surface area contributed by atoms with Crippen LogP contribution in [-0.4, -0.2) is 34.4 Å². The largest absolute Gasteiger partial charge is 0.493 e. The maximum atomic E-state index is 11.2. The van der Waals surface area contributed by atoms with Crippen LogP contribution in [0, 0.1) is 0 Å². The Balaban J connectivity index is 1.81. The summed E-state index contributed by atoms with van der Waals surface area (Å²) in [6.07, 6.45) is 0.956. The normalized spacial score (nSPS) is 14.3. The zero-order valence-electron chi connectivity index (χ0n) is 10.4. The molecule has 1 aliphatic rings. The third-order valence-corrected chi connectivity index (χ3v) is 4.31. The summed E-state index contributed by atoms with van der Waals surface area (Å²) in [6, 6.07) is 6.09. The predicted molar refractivity (Wildman–Crippen MR) is 70.2 cm³/mol. The van der Waals surface area contributed by atoms with E-state index in [0.717, 1.165) is 24.3 Å². The molecule has 0 atom stereocenters. The highest BCUT2D eigenvalue weighted by molar-refractivity contribution is 7.89. The lowest BCUT2D eigenvalue weighted by Crippen LogP contribution is -2.29. The Morgan fingerprint density at radius 2 is 2.22 bits per heavy atom. The van der Waals surface area contributed by atoms with Crippen LogP contribution in [0.3, 0.4) is 0 Å². The Morgan fingerprint density at radius 1 is 1.39 bits per heavy atom. The molecule has 0 saturated carbocycles. The van der Waals surface area contributed by atoms with Crippen LogP contribution in [0.25, 0.3) is 0 Å². The van der Waals surface area contributed by atoms with Crippen LogP contribution in [0.5, 0.6) is 5.75 Å². The van der Waals surface area contributed by atoms with E-state index >= 15 is 0 Å². The SMILES string of the molecule is CNS(=O)(=O)CCNCc1ccc2c(c1)CCO2. The molecule has 1 aromatic rings. The lowest BCUT2D eigenvalue weighted by molar-refractivity contribution is 0.357. The molecule has 18 heavy (non-hydrogen) atoms. The van der Waals surface area contributed by atoms with Gasteiger partial charge in [-0.15, -0.1) is 0 Å². The standard InChI is InChI=1S/C12H18N2O3S/c1-13-18(15,16)7-5-14-9-10-2-3-12-11(8-10)4-6-17-12/h2-3,8,13-14H,4-7,9H2,1H3. The molecule has 0 aromatic heterocycles. The van der Waals surface area contributed by atoms with E-state index < -0.39 is 10.0 Å². The molecule has 5 nitrogen and oxygen atoms in total. The number of rotatable bonds is 6. The third kappa shape index (κ3) is 3.44. The Bertz CT molecular complexity index is 514. The van der Waals surface area contributed by atoms with Crippen molar-refractivity contribution in [2.75, 3.05) is 26.0 Å². The van der Waals surface area contributed by atoms with E-state index in [1.165, 1.54) is 12.6 Å². The zero-order valence-corrected chi connectivity index (χ0v) is 11.2. The Labute approximate surface area is 108 Å².